The first-order valence-corrected chi connectivity index (χ1v) is 8.08. The second-order valence-corrected chi connectivity index (χ2v) is 6.26. The normalized spacial score (nSPS) is 11.2. The molecule has 0 atom stereocenters. The maximum Gasteiger partial charge on any atom is 0.266 e. The first-order chi connectivity index (χ1) is 9.96. The lowest BCUT2D eigenvalue weighted by Gasteiger charge is -2.12. The number of rotatable bonds is 5. The third-order valence-corrected chi connectivity index (χ3v) is 4.43. The summed E-state index contributed by atoms with van der Waals surface area (Å²) >= 11 is 0. The van der Waals surface area contributed by atoms with Crippen LogP contribution in [-0.4, -0.2) is 20.5 Å². The van der Waals surface area contributed by atoms with Gasteiger partial charge >= 0.3 is 0 Å². The highest BCUT2D eigenvalue weighted by atomic mass is 32.2. The Hall–Kier alpha value is -2.08. The molecule has 1 N–H and O–H groups in total. The van der Waals surface area contributed by atoms with Gasteiger partial charge in [0, 0.05) is 5.69 Å². The number of pyridine rings is 1. The van der Waals surface area contributed by atoms with Crippen molar-refractivity contribution in [2.45, 2.75) is 25.2 Å². The van der Waals surface area contributed by atoms with E-state index in [0.29, 0.717) is 11.6 Å². The monoisotopic (exact) mass is 306 g/mol. The van der Waals surface area contributed by atoms with Gasteiger partial charge in [-0.05, 0) is 43.2 Å². The minimum atomic E-state index is -3.74. The minimum absolute atomic E-state index is 0.118. The molecular weight excluding hydrogens is 288 g/mol. The highest BCUT2D eigenvalue weighted by molar-refractivity contribution is 7.92. The van der Waals surface area contributed by atoms with Crippen LogP contribution >= 0.6 is 0 Å². The molecule has 1 aromatic heterocycles. The number of nitrogens with one attached hydrogen (secondary N) is 1. The molecule has 0 unspecified atom stereocenters. The van der Waals surface area contributed by atoms with Crippen molar-refractivity contribution in [3.05, 3.63) is 47.7 Å². The first kappa shape index (κ1) is 15.3. The molecule has 112 valence electrons. The Kier molecular flexibility index (Phi) is 4.47. The van der Waals surface area contributed by atoms with E-state index in [1.54, 1.807) is 37.3 Å². The van der Waals surface area contributed by atoms with Crippen molar-refractivity contribution in [2.24, 2.45) is 0 Å². The van der Waals surface area contributed by atoms with Gasteiger partial charge in [0.25, 0.3) is 10.0 Å². The van der Waals surface area contributed by atoms with Gasteiger partial charge in [-0.3, -0.25) is 4.72 Å². The number of methoxy groups -OCH3 is 1. The van der Waals surface area contributed by atoms with Crippen LogP contribution in [0.25, 0.3) is 0 Å². The Balaban J connectivity index is 2.43. The molecule has 0 aliphatic carbocycles. The quantitative estimate of drug-likeness (QED) is 0.922. The van der Waals surface area contributed by atoms with Crippen molar-refractivity contribution in [3.63, 3.8) is 0 Å². The highest BCUT2D eigenvalue weighted by Crippen LogP contribution is 2.26. The molecule has 0 saturated carbocycles. The van der Waals surface area contributed by atoms with Crippen molar-refractivity contribution >= 4 is 15.8 Å². The zero-order valence-corrected chi connectivity index (χ0v) is 13.1. The van der Waals surface area contributed by atoms with Gasteiger partial charge in [0.15, 0.2) is 0 Å². The Morgan fingerprint density at radius 2 is 2.00 bits per heavy atom. The van der Waals surface area contributed by atoms with Gasteiger partial charge < -0.3 is 4.74 Å². The molecule has 0 fully saturated rings. The predicted octanol–water partition coefficient (Wildman–Crippen LogP) is 2.76. The summed E-state index contributed by atoms with van der Waals surface area (Å²) in [5.74, 6) is 0.603. The first-order valence-electron chi connectivity index (χ1n) is 6.59. The molecule has 1 aromatic carbocycles. The average molecular weight is 306 g/mol. The van der Waals surface area contributed by atoms with E-state index in [1.165, 1.54) is 7.11 Å². The van der Waals surface area contributed by atoms with E-state index >= 15 is 0 Å². The van der Waals surface area contributed by atoms with Gasteiger partial charge in [-0.1, -0.05) is 19.1 Å². The highest BCUT2D eigenvalue weighted by Gasteiger charge is 2.20. The van der Waals surface area contributed by atoms with Gasteiger partial charge in [-0.15, -0.1) is 0 Å². The van der Waals surface area contributed by atoms with E-state index in [4.69, 9.17) is 4.74 Å². The third kappa shape index (κ3) is 3.52. The van der Waals surface area contributed by atoms with E-state index in [-0.39, 0.29) is 4.90 Å². The van der Waals surface area contributed by atoms with E-state index in [2.05, 4.69) is 9.71 Å². The van der Waals surface area contributed by atoms with Crippen LogP contribution in [0.2, 0.25) is 0 Å². The minimum Gasteiger partial charge on any atom is -0.495 e. The summed E-state index contributed by atoms with van der Waals surface area (Å²) in [7, 11) is -2.29. The summed E-state index contributed by atoms with van der Waals surface area (Å²) in [6.07, 6.45) is 0.745. The molecule has 0 saturated heterocycles. The molecule has 0 aliphatic heterocycles. The molecule has 0 aliphatic rings. The van der Waals surface area contributed by atoms with E-state index in [0.717, 1.165) is 17.7 Å². The number of nitrogens with zero attached hydrogens (tertiary/aromatic N) is 1. The molecule has 5 nitrogen and oxygen atoms in total. The lowest BCUT2D eigenvalue weighted by molar-refractivity contribution is 0.402. The Morgan fingerprint density at radius 1 is 1.24 bits per heavy atom. The fourth-order valence-corrected chi connectivity index (χ4v) is 3.17. The summed E-state index contributed by atoms with van der Waals surface area (Å²) in [4.78, 5) is 4.27. The van der Waals surface area contributed by atoms with Crippen LogP contribution in [0, 0.1) is 6.92 Å². The molecule has 2 rings (SSSR count). The van der Waals surface area contributed by atoms with Gasteiger partial charge in [0.05, 0.1) is 7.11 Å². The zero-order chi connectivity index (χ0) is 15.5. The predicted molar refractivity (Wildman–Crippen MR) is 82.2 cm³/mol. The molecule has 21 heavy (non-hydrogen) atoms. The fraction of sp³-hybridized carbons (Fsp3) is 0.267. The number of hydrogen-bond donors (Lipinski definition) is 1. The number of sulfonamides is 1. The van der Waals surface area contributed by atoms with Crippen molar-refractivity contribution in [1.29, 1.82) is 0 Å². The molecule has 1 heterocycles. The summed E-state index contributed by atoms with van der Waals surface area (Å²) < 4.78 is 32.7. The van der Waals surface area contributed by atoms with Crippen molar-refractivity contribution in [1.82, 2.24) is 4.98 Å². The second-order valence-electron chi connectivity index (χ2n) is 4.61. The summed E-state index contributed by atoms with van der Waals surface area (Å²) in [5, 5.41) is 0. The fourth-order valence-electron chi connectivity index (χ4n) is 1.94. The maximum atomic E-state index is 12.5. The summed E-state index contributed by atoms with van der Waals surface area (Å²) in [5.41, 5.74) is 1.66. The van der Waals surface area contributed by atoms with Gasteiger partial charge in [0.2, 0.25) is 0 Å². The SMILES string of the molecule is CCc1ccc(OC)c(S(=O)(=O)Nc2cccc(C)n2)c1. The van der Waals surface area contributed by atoms with Crippen LogP contribution in [-0.2, 0) is 16.4 Å². The summed E-state index contributed by atoms with van der Waals surface area (Å²) in [6.45, 7) is 3.77. The van der Waals surface area contributed by atoms with E-state index < -0.39 is 10.0 Å². The largest absolute Gasteiger partial charge is 0.495 e. The lowest BCUT2D eigenvalue weighted by atomic mass is 10.2. The Bertz CT molecular complexity index is 742. The van der Waals surface area contributed by atoms with Crippen molar-refractivity contribution in [2.75, 3.05) is 11.8 Å². The molecule has 0 spiro atoms. The second kappa shape index (κ2) is 6.13. The molecule has 2 aromatic rings. The van der Waals surface area contributed by atoms with Gasteiger partial charge in [-0.2, -0.15) is 0 Å². The Morgan fingerprint density at radius 3 is 2.62 bits per heavy atom. The standard InChI is InChI=1S/C15H18N2O3S/c1-4-12-8-9-13(20-3)14(10-12)21(18,19)17-15-7-5-6-11(2)16-15/h5-10H,4H2,1-3H3,(H,16,17). The van der Waals surface area contributed by atoms with E-state index in [1.807, 2.05) is 13.0 Å². The number of aromatic nitrogens is 1. The number of ether oxygens (including phenoxy) is 1. The zero-order valence-electron chi connectivity index (χ0n) is 12.3. The van der Waals surface area contributed by atoms with Crippen molar-refractivity contribution < 1.29 is 13.2 Å². The van der Waals surface area contributed by atoms with Crippen LogP contribution in [0.3, 0.4) is 0 Å². The lowest BCUT2D eigenvalue weighted by Crippen LogP contribution is -2.15. The van der Waals surface area contributed by atoms with Crippen LogP contribution in [0.4, 0.5) is 5.82 Å². The molecule has 0 radical (unpaired) electrons. The third-order valence-electron chi connectivity index (χ3n) is 3.05. The van der Waals surface area contributed by atoms with Gasteiger partial charge in [-0.25, -0.2) is 13.4 Å². The smallest absolute Gasteiger partial charge is 0.266 e. The summed E-state index contributed by atoms with van der Waals surface area (Å²) in [6, 6.07) is 10.3. The van der Waals surface area contributed by atoms with Crippen molar-refractivity contribution in [3.8, 4) is 5.75 Å². The molecular formula is C15H18N2O3S. The van der Waals surface area contributed by atoms with Crippen LogP contribution in [0.5, 0.6) is 5.75 Å². The number of anilines is 1. The topological polar surface area (TPSA) is 68.3 Å². The van der Waals surface area contributed by atoms with Crippen LogP contribution in [0.1, 0.15) is 18.2 Å². The number of benzene rings is 1. The average Bonchev–Trinajstić information content (AvgIpc) is 2.46. The molecule has 0 bridgehead atoms. The number of aryl methyl sites for hydroxylation is 2. The van der Waals surface area contributed by atoms with E-state index in [9.17, 15) is 8.42 Å². The maximum absolute atomic E-state index is 12.5. The van der Waals surface area contributed by atoms with Crippen LogP contribution < -0.4 is 9.46 Å². The molecule has 6 heteroatoms. The van der Waals surface area contributed by atoms with Crippen LogP contribution in [0.15, 0.2) is 41.3 Å². The molecule has 0 amide bonds. The van der Waals surface area contributed by atoms with Gasteiger partial charge in [0.1, 0.15) is 16.5 Å². The Labute approximate surface area is 125 Å². The number of hydrogen-bond acceptors (Lipinski definition) is 4.